The standard InChI is InChI=1S/C21H17NO3/c1-15(23)12-13-21(17-10-6-3-7-11-17)19(16-8-4-2-5-9-16)18(14-22)20(24)25-21/h2-11H,12-13H2,1H3/t21-/m0/s1. The van der Waals surface area contributed by atoms with Crippen LogP contribution in [-0.4, -0.2) is 11.8 Å². The average Bonchev–Trinajstić information content (AvgIpc) is 2.94. The van der Waals surface area contributed by atoms with Gasteiger partial charge in [0.15, 0.2) is 5.60 Å². The number of nitriles is 1. The van der Waals surface area contributed by atoms with Crippen LogP contribution in [0.4, 0.5) is 0 Å². The number of carbonyl (C=O) groups excluding carboxylic acids is 2. The Morgan fingerprint density at radius 1 is 1.08 bits per heavy atom. The summed E-state index contributed by atoms with van der Waals surface area (Å²) in [5, 5.41) is 9.55. The van der Waals surface area contributed by atoms with Crippen molar-refractivity contribution in [2.75, 3.05) is 0 Å². The van der Waals surface area contributed by atoms with Gasteiger partial charge in [0.05, 0.1) is 0 Å². The van der Waals surface area contributed by atoms with Crippen molar-refractivity contribution in [3.05, 3.63) is 77.4 Å². The summed E-state index contributed by atoms with van der Waals surface area (Å²) in [6.45, 7) is 1.51. The Labute approximate surface area is 146 Å². The number of nitrogens with zero attached hydrogens (tertiary/aromatic N) is 1. The van der Waals surface area contributed by atoms with E-state index in [4.69, 9.17) is 4.74 Å². The fourth-order valence-corrected chi connectivity index (χ4v) is 3.23. The van der Waals surface area contributed by atoms with Crippen molar-refractivity contribution >= 4 is 17.3 Å². The number of carbonyl (C=O) groups is 2. The molecule has 4 heteroatoms. The molecule has 25 heavy (non-hydrogen) atoms. The molecule has 0 N–H and O–H groups in total. The summed E-state index contributed by atoms with van der Waals surface area (Å²) in [5.41, 5.74) is 0.911. The number of Topliss-reactive ketones (excluding diaryl/α,β-unsaturated/α-hetero) is 1. The van der Waals surface area contributed by atoms with E-state index in [9.17, 15) is 14.9 Å². The van der Waals surface area contributed by atoms with Gasteiger partial charge in [0, 0.05) is 24.0 Å². The summed E-state index contributed by atoms with van der Waals surface area (Å²) in [6.07, 6.45) is 0.546. The Morgan fingerprint density at radius 2 is 1.68 bits per heavy atom. The maximum Gasteiger partial charge on any atom is 0.350 e. The molecule has 0 amide bonds. The van der Waals surface area contributed by atoms with Gasteiger partial charge in [-0.25, -0.2) is 4.79 Å². The van der Waals surface area contributed by atoms with E-state index >= 15 is 0 Å². The first-order chi connectivity index (χ1) is 12.1. The van der Waals surface area contributed by atoms with Crippen LogP contribution in [0.2, 0.25) is 0 Å². The van der Waals surface area contributed by atoms with Crippen LogP contribution in [-0.2, 0) is 19.9 Å². The van der Waals surface area contributed by atoms with E-state index in [-0.39, 0.29) is 17.8 Å². The molecular weight excluding hydrogens is 314 g/mol. The van der Waals surface area contributed by atoms with Crippen LogP contribution in [0.1, 0.15) is 30.9 Å². The molecule has 0 bridgehead atoms. The van der Waals surface area contributed by atoms with Crippen LogP contribution in [0.15, 0.2) is 66.2 Å². The molecule has 1 aliphatic rings. The number of cyclic esters (lactones) is 1. The van der Waals surface area contributed by atoms with Gasteiger partial charge in [0.1, 0.15) is 17.4 Å². The van der Waals surface area contributed by atoms with Crippen molar-refractivity contribution in [1.82, 2.24) is 0 Å². The predicted octanol–water partition coefficient (Wildman–Crippen LogP) is 3.79. The molecule has 0 saturated heterocycles. The third-order valence-corrected chi connectivity index (χ3v) is 4.37. The van der Waals surface area contributed by atoms with Crippen LogP contribution in [0.5, 0.6) is 0 Å². The van der Waals surface area contributed by atoms with Crippen molar-refractivity contribution in [3.63, 3.8) is 0 Å². The molecule has 0 aliphatic carbocycles. The summed E-state index contributed by atoms with van der Waals surface area (Å²) in [7, 11) is 0. The van der Waals surface area contributed by atoms with Gasteiger partial charge in [-0.15, -0.1) is 0 Å². The molecule has 1 aliphatic heterocycles. The summed E-state index contributed by atoms with van der Waals surface area (Å²) in [4.78, 5) is 24.1. The second-order valence-electron chi connectivity index (χ2n) is 6.01. The van der Waals surface area contributed by atoms with Gasteiger partial charge in [0.2, 0.25) is 0 Å². The molecule has 0 fully saturated rings. The minimum Gasteiger partial charge on any atom is -0.445 e. The lowest BCUT2D eigenvalue weighted by molar-refractivity contribution is -0.147. The van der Waals surface area contributed by atoms with Crippen molar-refractivity contribution in [2.45, 2.75) is 25.4 Å². The van der Waals surface area contributed by atoms with E-state index in [2.05, 4.69) is 0 Å². The van der Waals surface area contributed by atoms with Crippen molar-refractivity contribution in [2.24, 2.45) is 0 Å². The second-order valence-corrected chi connectivity index (χ2v) is 6.01. The highest BCUT2D eigenvalue weighted by atomic mass is 16.6. The van der Waals surface area contributed by atoms with E-state index in [1.807, 2.05) is 66.7 Å². The predicted molar refractivity (Wildman–Crippen MR) is 93.1 cm³/mol. The van der Waals surface area contributed by atoms with E-state index in [1.165, 1.54) is 6.92 Å². The van der Waals surface area contributed by atoms with Crippen LogP contribution in [0, 0.1) is 11.3 Å². The van der Waals surface area contributed by atoms with Crippen molar-refractivity contribution in [1.29, 1.82) is 5.26 Å². The smallest absolute Gasteiger partial charge is 0.350 e. The minimum atomic E-state index is -1.13. The summed E-state index contributed by atoms with van der Waals surface area (Å²) >= 11 is 0. The molecule has 2 aromatic rings. The number of rotatable bonds is 5. The molecule has 4 nitrogen and oxygen atoms in total. The Balaban J connectivity index is 2.26. The van der Waals surface area contributed by atoms with Gasteiger partial charge in [-0.3, -0.25) is 0 Å². The zero-order chi connectivity index (χ0) is 17.9. The average molecular weight is 331 g/mol. The third-order valence-electron chi connectivity index (χ3n) is 4.37. The number of hydrogen-bond donors (Lipinski definition) is 0. The number of ether oxygens (including phenoxy) is 1. The molecule has 0 saturated carbocycles. The normalized spacial score (nSPS) is 19.4. The molecule has 2 aromatic carbocycles. The lowest BCUT2D eigenvalue weighted by Gasteiger charge is -2.31. The number of hydrogen-bond acceptors (Lipinski definition) is 4. The SMILES string of the molecule is CC(=O)CC[C@@]1(c2ccccc2)OC(=O)C(C#N)=C1c1ccccc1. The van der Waals surface area contributed by atoms with Crippen molar-refractivity contribution in [3.8, 4) is 6.07 Å². The van der Waals surface area contributed by atoms with Gasteiger partial charge in [-0.05, 0) is 12.5 Å². The maximum atomic E-state index is 12.4. The summed E-state index contributed by atoms with van der Waals surface area (Å²) in [6, 6.07) is 20.5. The Morgan fingerprint density at radius 3 is 2.24 bits per heavy atom. The quantitative estimate of drug-likeness (QED) is 0.782. The van der Waals surface area contributed by atoms with Crippen LogP contribution < -0.4 is 0 Å². The highest BCUT2D eigenvalue weighted by Crippen LogP contribution is 2.49. The van der Waals surface area contributed by atoms with Crippen LogP contribution in [0.25, 0.3) is 5.57 Å². The van der Waals surface area contributed by atoms with Crippen LogP contribution in [0.3, 0.4) is 0 Å². The number of ketones is 1. The number of benzene rings is 2. The third kappa shape index (κ3) is 2.97. The van der Waals surface area contributed by atoms with Gasteiger partial charge in [0.25, 0.3) is 0 Å². The number of esters is 1. The van der Waals surface area contributed by atoms with E-state index < -0.39 is 11.6 Å². The molecule has 0 unspecified atom stereocenters. The molecule has 1 atom stereocenters. The van der Waals surface area contributed by atoms with Gasteiger partial charge >= 0.3 is 5.97 Å². The van der Waals surface area contributed by atoms with Gasteiger partial charge < -0.3 is 9.53 Å². The molecule has 0 spiro atoms. The molecule has 0 radical (unpaired) electrons. The fraction of sp³-hybridized carbons (Fsp3) is 0.190. The summed E-state index contributed by atoms with van der Waals surface area (Å²) < 4.78 is 5.77. The first-order valence-electron chi connectivity index (χ1n) is 8.07. The monoisotopic (exact) mass is 331 g/mol. The zero-order valence-electron chi connectivity index (χ0n) is 13.9. The molecule has 3 rings (SSSR count). The largest absolute Gasteiger partial charge is 0.445 e. The minimum absolute atomic E-state index is 0.00129. The zero-order valence-corrected chi connectivity index (χ0v) is 13.9. The van der Waals surface area contributed by atoms with Crippen molar-refractivity contribution < 1.29 is 14.3 Å². The molecule has 124 valence electrons. The second kappa shape index (κ2) is 6.74. The fourth-order valence-electron chi connectivity index (χ4n) is 3.23. The van der Waals surface area contributed by atoms with Gasteiger partial charge in [-0.2, -0.15) is 5.26 Å². The van der Waals surface area contributed by atoms with E-state index in [1.54, 1.807) is 0 Å². The van der Waals surface area contributed by atoms with E-state index in [0.29, 0.717) is 12.0 Å². The van der Waals surface area contributed by atoms with Gasteiger partial charge in [-0.1, -0.05) is 60.7 Å². The Bertz CT molecular complexity index is 878. The molecule has 0 aromatic heterocycles. The lowest BCUT2D eigenvalue weighted by Crippen LogP contribution is -2.29. The Hall–Kier alpha value is -3.19. The van der Waals surface area contributed by atoms with E-state index in [0.717, 1.165) is 11.1 Å². The molecular formula is C21H17NO3. The maximum absolute atomic E-state index is 12.4. The Kier molecular flexibility index (Phi) is 4.49. The first-order valence-corrected chi connectivity index (χ1v) is 8.07. The summed E-state index contributed by atoms with van der Waals surface area (Å²) in [5.74, 6) is -0.641. The topological polar surface area (TPSA) is 67.2 Å². The molecule has 1 heterocycles. The highest BCUT2D eigenvalue weighted by Gasteiger charge is 2.49. The lowest BCUT2D eigenvalue weighted by atomic mass is 9.78. The first kappa shape index (κ1) is 16.7. The highest BCUT2D eigenvalue weighted by molar-refractivity contribution is 6.08. The van der Waals surface area contributed by atoms with Crippen LogP contribution >= 0.6 is 0 Å².